The predicted molar refractivity (Wildman–Crippen MR) is 93.7 cm³/mol. The molecule has 0 aliphatic rings. The maximum absolute atomic E-state index is 13.1. The van der Waals surface area contributed by atoms with E-state index in [1.54, 1.807) is 30.3 Å². The quantitative estimate of drug-likeness (QED) is 0.821. The van der Waals surface area contributed by atoms with Gasteiger partial charge in [-0.1, -0.05) is 30.3 Å². The molecule has 0 unspecified atom stereocenters. The fourth-order valence-corrected chi connectivity index (χ4v) is 2.40. The number of nitrogens with zero attached hydrogens (tertiary/aromatic N) is 1. The van der Waals surface area contributed by atoms with Gasteiger partial charge in [0.25, 0.3) is 0 Å². The van der Waals surface area contributed by atoms with E-state index in [0.717, 1.165) is 12.1 Å². The topological polar surface area (TPSA) is 49.4 Å². The Hall–Kier alpha value is -2.83. The second kappa shape index (κ2) is 7.19. The molecule has 2 amide bonds. The molecule has 0 atom stereocenters. The van der Waals surface area contributed by atoms with Crippen LogP contribution in [0.25, 0.3) is 0 Å². The standard InChI is InChI=1S/C19H19F3N2O2/c1-18(2,17(26)24(3)13-9-5-4-6-10-13)16(25)23-15-12-8-7-11-14(15)19(20,21)22/h4-12H,1-3H3,(H,23,25). The summed E-state index contributed by atoms with van der Waals surface area (Å²) in [5.74, 6) is -1.35. The lowest BCUT2D eigenvalue weighted by atomic mass is 9.90. The molecule has 0 fully saturated rings. The van der Waals surface area contributed by atoms with Crippen LogP contribution < -0.4 is 10.2 Å². The summed E-state index contributed by atoms with van der Waals surface area (Å²) < 4.78 is 39.2. The van der Waals surface area contributed by atoms with Crippen molar-refractivity contribution in [2.24, 2.45) is 5.41 Å². The summed E-state index contributed by atoms with van der Waals surface area (Å²) in [6, 6.07) is 13.3. The summed E-state index contributed by atoms with van der Waals surface area (Å²) in [6.45, 7) is 2.75. The minimum Gasteiger partial charge on any atom is -0.325 e. The number of benzene rings is 2. The van der Waals surface area contributed by atoms with Crippen molar-refractivity contribution in [1.29, 1.82) is 0 Å². The number of amides is 2. The van der Waals surface area contributed by atoms with Crippen LogP contribution in [0, 0.1) is 5.41 Å². The van der Waals surface area contributed by atoms with Crippen LogP contribution >= 0.6 is 0 Å². The normalized spacial score (nSPS) is 11.8. The Morgan fingerprint density at radius 3 is 2.04 bits per heavy atom. The van der Waals surface area contributed by atoms with Gasteiger partial charge in [0, 0.05) is 12.7 Å². The summed E-state index contributed by atoms with van der Waals surface area (Å²) in [7, 11) is 1.51. The van der Waals surface area contributed by atoms with Crippen LogP contribution in [0.15, 0.2) is 54.6 Å². The van der Waals surface area contributed by atoms with Crippen LogP contribution in [0.3, 0.4) is 0 Å². The summed E-state index contributed by atoms with van der Waals surface area (Å²) >= 11 is 0. The zero-order chi connectivity index (χ0) is 19.5. The number of rotatable bonds is 4. The van der Waals surface area contributed by atoms with Gasteiger partial charge in [-0.15, -0.1) is 0 Å². The molecule has 0 bridgehead atoms. The SMILES string of the molecule is CN(C(=O)C(C)(C)C(=O)Nc1ccccc1C(F)(F)F)c1ccccc1. The summed E-state index contributed by atoms with van der Waals surface area (Å²) in [6.07, 6.45) is -4.61. The van der Waals surface area contributed by atoms with E-state index in [0.29, 0.717) is 5.69 Å². The molecule has 0 aliphatic heterocycles. The number of hydrogen-bond donors (Lipinski definition) is 1. The molecule has 1 N–H and O–H groups in total. The van der Waals surface area contributed by atoms with Crippen molar-refractivity contribution in [2.45, 2.75) is 20.0 Å². The smallest absolute Gasteiger partial charge is 0.325 e. The van der Waals surface area contributed by atoms with Crippen LogP contribution in [-0.4, -0.2) is 18.9 Å². The van der Waals surface area contributed by atoms with Crippen LogP contribution in [0.2, 0.25) is 0 Å². The fraction of sp³-hybridized carbons (Fsp3) is 0.263. The van der Waals surface area contributed by atoms with Crippen LogP contribution in [-0.2, 0) is 15.8 Å². The predicted octanol–water partition coefficient (Wildman–Crippen LogP) is 4.33. The Morgan fingerprint density at radius 2 is 1.46 bits per heavy atom. The molecule has 2 aromatic carbocycles. The van der Waals surface area contributed by atoms with Gasteiger partial charge in [0.1, 0.15) is 5.41 Å². The molecule has 0 aliphatic carbocycles. The van der Waals surface area contributed by atoms with Gasteiger partial charge >= 0.3 is 6.18 Å². The highest BCUT2D eigenvalue weighted by atomic mass is 19.4. The molecule has 4 nitrogen and oxygen atoms in total. The van der Waals surface area contributed by atoms with Crippen molar-refractivity contribution in [3.8, 4) is 0 Å². The van der Waals surface area contributed by atoms with Crippen LogP contribution in [0.5, 0.6) is 0 Å². The van der Waals surface area contributed by atoms with Gasteiger partial charge in [-0.3, -0.25) is 9.59 Å². The highest BCUT2D eigenvalue weighted by Gasteiger charge is 2.40. The lowest BCUT2D eigenvalue weighted by Crippen LogP contribution is -2.46. The number of carbonyl (C=O) groups excluding carboxylic acids is 2. The molecule has 0 saturated heterocycles. The first-order chi connectivity index (χ1) is 12.0. The highest BCUT2D eigenvalue weighted by molar-refractivity contribution is 6.14. The molecule has 7 heteroatoms. The second-order valence-corrected chi connectivity index (χ2v) is 6.32. The van der Waals surface area contributed by atoms with Crippen molar-refractivity contribution < 1.29 is 22.8 Å². The van der Waals surface area contributed by atoms with E-state index in [2.05, 4.69) is 5.32 Å². The number of para-hydroxylation sites is 2. The Morgan fingerprint density at radius 1 is 0.923 bits per heavy atom. The van der Waals surface area contributed by atoms with Crippen molar-refractivity contribution in [1.82, 2.24) is 0 Å². The van der Waals surface area contributed by atoms with Crippen LogP contribution in [0.1, 0.15) is 19.4 Å². The Kier molecular flexibility index (Phi) is 5.39. The van der Waals surface area contributed by atoms with Gasteiger partial charge < -0.3 is 10.2 Å². The molecule has 0 spiro atoms. The third-order valence-electron chi connectivity index (χ3n) is 4.03. The monoisotopic (exact) mass is 364 g/mol. The van der Waals surface area contributed by atoms with E-state index < -0.39 is 29.0 Å². The number of nitrogens with one attached hydrogen (secondary N) is 1. The van der Waals surface area contributed by atoms with Crippen molar-refractivity contribution >= 4 is 23.2 Å². The maximum atomic E-state index is 13.1. The molecular weight excluding hydrogens is 345 g/mol. The number of carbonyl (C=O) groups is 2. The Bertz CT molecular complexity index is 802. The minimum absolute atomic E-state index is 0.381. The minimum atomic E-state index is -4.61. The lowest BCUT2D eigenvalue weighted by Gasteiger charge is -2.29. The van der Waals surface area contributed by atoms with E-state index in [1.165, 1.54) is 37.9 Å². The Balaban J connectivity index is 2.25. The van der Waals surface area contributed by atoms with Gasteiger partial charge in [-0.05, 0) is 38.1 Å². The number of hydrogen-bond acceptors (Lipinski definition) is 2. The van der Waals surface area contributed by atoms with E-state index >= 15 is 0 Å². The molecule has 0 saturated carbocycles. The van der Waals surface area contributed by atoms with Gasteiger partial charge in [-0.2, -0.15) is 13.2 Å². The molecule has 0 radical (unpaired) electrons. The molecule has 138 valence electrons. The molecule has 2 aromatic rings. The van der Waals surface area contributed by atoms with Crippen molar-refractivity contribution in [2.75, 3.05) is 17.3 Å². The summed E-state index contributed by atoms with van der Waals surface area (Å²) in [5.41, 5.74) is -2.33. The van der Waals surface area contributed by atoms with Gasteiger partial charge in [0.15, 0.2) is 0 Å². The largest absolute Gasteiger partial charge is 0.418 e. The van der Waals surface area contributed by atoms with E-state index in [4.69, 9.17) is 0 Å². The first kappa shape index (κ1) is 19.5. The lowest BCUT2D eigenvalue weighted by molar-refractivity contribution is -0.137. The number of alkyl halides is 3. The highest BCUT2D eigenvalue weighted by Crippen LogP contribution is 2.35. The number of anilines is 2. The van der Waals surface area contributed by atoms with Crippen LogP contribution in [0.4, 0.5) is 24.5 Å². The first-order valence-electron chi connectivity index (χ1n) is 7.86. The molecule has 0 heterocycles. The van der Waals surface area contributed by atoms with Gasteiger partial charge in [0.05, 0.1) is 11.3 Å². The maximum Gasteiger partial charge on any atom is 0.418 e. The van der Waals surface area contributed by atoms with E-state index in [9.17, 15) is 22.8 Å². The zero-order valence-corrected chi connectivity index (χ0v) is 14.6. The van der Waals surface area contributed by atoms with E-state index in [-0.39, 0.29) is 5.69 Å². The average Bonchev–Trinajstić information content (AvgIpc) is 2.60. The third kappa shape index (κ3) is 4.04. The molecule has 2 rings (SSSR count). The first-order valence-corrected chi connectivity index (χ1v) is 7.86. The fourth-order valence-electron chi connectivity index (χ4n) is 2.40. The molecule has 26 heavy (non-hydrogen) atoms. The third-order valence-corrected chi connectivity index (χ3v) is 4.03. The van der Waals surface area contributed by atoms with E-state index in [1.807, 2.05) is 0 Å². The number of halogens is 3. The summed E-state index contributed by atoms with van der Waals surface area (Å²) in [5, 5.41) is 2.24. The van der Waals surface area contributed by atoms with Gasteiger partial charge in [-0.25, -0.2) is 0 Å². The van der Waals surface area contributed by atoms with Gasteiger partial charge in [0.2, 0.25) is 11.8 Å². The molecular formula is C19H19F3N2O2. The summed E-state index contributed by atoms with van der Waals surface area (Å²) in [4.78, 5) is 26.6. The van der Waals surface area contributed by atoms with Crippen molar-refractivity contribution in [3.63, 3.8) is 0 Å². The molecule has 0 aromatic heterocycles. The zero-order valence-electron chi connectivity index (χ0n) is 14.6. The second-order valence-electron chi connectivity index (χ2n) is 6.32. The average molecular weight is 364 g/mol. The van der Waals surface area contributed by atoms with Crippen molar-refractivity contribution in [3.05, 3.63) is 60.2 Å². The Labute approximate surface area is 149 Å².